The maximum Gasteiger partial charge on any atom is 0.152 e. The van der Waals surface area contributed by atoms with Crippen molar-refractivity contribution in [2.75, 3.05) is 5.32 Å². The van der Waals surface area contributed by atoms with Gasteiger partial charge in [-0.05, 0) is 25.1 Å². The third-order valence-electron chi connectivity index (χ3n) is 2.58. The second-order valence-electron chi connectivity index (χ2n) is 3.69. The van der Waals surface area contributed by atoms with Crippen molar-refractivity contribution < 1.29 is 0 Å². The van der Waals surface area contributed by atoms with Crippen LogP contribution < -0.4 is 5.32 Å². The molecule has 0 radical (unpaired) electrons. The molecule has 1 aromatic carbocycles. The summed E-state index contributed by atoms with van der Waals surface area (Å²) >= 11 is 5.95. The number of rotatable bonds is 4. The molecule has 0 spiro atoms. The number of aryl methyl sites for hydroxylation is 1. The molecule has 18 heavy (non-hydrogen) atoms. The fraction of sp³-hybridized carbons (Fsp3) is 0.250. The van der Waals surface area contributed by atoms with Crippen molar-refractivity contribution in [2.45, 2.75) is 20.0 Å². The highest BCUT2D eigenvalue weighted by molar-refractivity contribution is 6.32. The lowest BCUT2D eigenvalue weighted by atomic mass is 10.2. The highest BCUT2D eigenvalue weighted by Crippen LogP contribution is 2.20. The minimum Gasteiger partial charge on any atom is -0.378 e. The lowest BCUT2D eigenvalue weighted by Crippen LogP contribution is -2.07. The standard InChI is InChI=1S/C12H12ClN5/c1-2-18-8-16-17-12(18)7-15-10-4-3-9(6-14)11(13)5-10/h3-5,8,15H,2,7H2,1H3. The molecule has 0 bridgehead atoms. The van der Waals surface area contributed by atoms with Gasteiger partial charge in [-0.1, -0.05) is 11.6 Å². The number of benzene rings is 1. The average molecular weight is 262 g/mol. The van der Waals surface area contributed by atoms with Gasteiger partial charge in [0, 0.05) is 12.2 Å². The Labute approximate surface area is 110 Å². The highest BCUT2D eigenvalue weighted by atomic mass is 35.5. The molecule has 0 fully saturated rings. The van der Waals surface area contributed by atoms with Gasteiger partial charge in [0.1, 0.15) is 12.4 Å². The fourth-order valence-corrected chi connectivity index (χ4v) is 1.80. The van der Waals surface area contributed by atoms with E-state index in [4.69, 9.17) is 16.9 Å². The molecule has 0 unspecified atom stereocenters. The second kappa shape index (κ2) is 5.52. The van der Waals surface area contributed by atoms with Crippen molar-refractivity contribution >= 4 is 17.3 Å². The summed E-state index contributed by atoms with van der Waals surface area (Å²) in [5.74, 6) is 0.859. The Balaban J connectivity index is 2.07. The van der Waals surface area contributed by atoms with Gasteiger partial charge in [-0.2, -0.15) is 5.26 Å². The zero-order valence-corrected chi connectivity index (χ0v) is 10.6. The molecule has 0 aliphatic heterocycles. The molecule has 1 N–H and O–H groups in total. The van der Waals surface area contributed by atoms with Crippen molar-refractivity contribution in [1.82, 2.24) is 14.8 Å². The van der Waals surface area contributed by atoms with Crippen molar-refractivity contribution in [2.24, 2.45) is 0 Å². The largest absolute Gasteiger partial charge is 0.378 e. The molecular formula is C12H12ClN5. The van der Waals surface area contributed by atoms with Crippen LogP contribution in [0.3, 0.4) is 0 Å². The number of nitriles is 1. The molecule has 2 aromatic rings. The van der Waals surface area contributed by atoms with Gasteiger partial charge >= 0.3 is 0 Å². The van der Waals surface area contributed by atoms with Gasteiger partial charge in [0.25, 0.3) is 0 Å². The van der Waals surface area contributed by atoms with Crippen LogP contribution in [0.4, 0.5) is 5.69 Å². The smallest absolute Gasteiger partial charge is 0.152 e. The molecule has 0 atom stereocenters. The van der Waals surface area contributed by atoms with Crippen molar-refractivity contribution in [3.8, 4) is 6.07 Å². The van der Waals surface area contributed by atoms with Crippen molar-refractivity contribution in [3.05, 3.63) is 40.9 Å². The summed E-state index contributed by atoms with van der Waals surface area (Å²) in [5, 5.41) is 20.3. The first kappa shape index (κ1) is 12.4. The molecule has 1 heterocycles. The van der Waals surface area contributed by atoms with Gasteiger partial charge in [-0.3, -0.25) is 0 Å². The molecule has 0 aliphatic carbocycles. The molecule has 6 heteroatoms. The molecule has 2 rings (SSSR count). The number of hydrogen-bond donors (Lipinski definition) is 1. The minimum atomic E-state index is 0.444. The molecular weight excluding hydrogens is 250 g/mol. The van der Waals surface area contributed by atoms with Crippen LogP contribution in [0.1, 0.15) is 18.3 Å². The summed E-state index contributed by atoms with van der Waals surface area (Å²) in [6.07, 6.45) is 1.70. The molecule has 0 saturated carbocycles. The van der Waals surface area contributed by atoms with E-state index in [2.05, 4.69) is 15.5 Å². The van der Waals surface area contributed by atoms with Crippen LogP contribution >= 0.6 is 11.6 Å². The van der Waals surface area contributed by atoms with E-state index in [1.54, 1.807) is 18.5 Å². The van der Waals surface area contributed by atoms with E-state index in [1.807, 2.05) is 23.6 Å². The van der Waals surface area contributed by atoms with Crippen LogP contribution in [0.15, 0.2) is 24.5 Å². The lowest BCUT2D eigenvalue weighted by molar-refractivity contribution is 0.708. The van der Waals surface area contributed by atoms with E-state index >= 15 is 0 Å². The van der Waals surface area contributed by atoms with Gasteiger partial charge in [0.2, 0.25) is 0 Å². The van der Waals surface area contributed by atoms with Crippen LogP contribution in [0.25, 0.3) is 0 Å². The monoisotopic (exact) mass is 261 g/mol. The van der Waals surface area contributed by atoms with Gasteiger partial charge < -0.3 is 9.88 Å². The molecule has 0 saturated heterocycles. The second-order valence-corrected chi connectivity index (χ2v) is 4.10. The molecule has 92 valence electrons. The van der Waals surface area contributed by atoms with Crippen molar-refractivity contribution in [3.63, 3.8) is 0 Å². The average Bonchev–Trinajstić information content (AvgIpc) is 2.84. The molecule has 0 aliphatic rings. The predicted octanol–water partition coefficient (Wildman–Crippen LogP) is 2.44. The first-order valence-corrected chi connectivity index (χ1v) is 5.92. The predicted molar refractivity (Wildman–Crippen MR) is 69.2 cm³/mol. The summed E-state index contributed by atoms with van der Waals surface area (Å²) in [6, 6.07) is 7.26. The zero-order valence-electron chi connectivity index (χ0n) is 9.89. The van der Waals surface area contributed by atoms with Crippen LogP contribution in [0.5, 0.6) is 0 Å². The lowest BCUT2D eigenvalue weighted by Gasteiger charge is -2.07. The third kappa shape index (κ3) is 2.60. The van der Waals surface area contributed by atoms with Gasteiger partial charge in [-0.25, -0.2) is 0 Å². The van der Waals surface area contributed by atoms with E-state index in [-0.39, 0.29) is 0 Å². The first-order valence-electron chi connectivity index (χ1n) is 5.54. The number of hydrogen-bond acceptors (Lipinski definition) is 4. The number of nitrogens with one attached hydrogen (secondary N) is 1. The van der Waals surface area contributed by atoms with E-state index in [9.17, 15) is 0 Å². The SMILES string of the molecule is CCn1cnnc1CNc1ccc(C#N)c(Cl)c1. The van der Waals surface area contributed by atoms with Crippen LogP contribution in [-0.4, -0.2) is 14.8 Å². The number of nitrogens with zero attached hydrogens (tertiary/aromatic N) is 4. The van der Waals surface area contributed by atoms with Crippen LogP contribution in [0.2, 0.25) is 5.02 Å². The number of aromatic nitrogens is 3. The Morgan fingerprint density at radius 1 is 1.50 bits per heavy atom. The summed E-state index contributed by atoms with van der Waals surface area (Å²) in [5.41, 5.74) is 1.32. The fourth-order valence-electron chi connectivity index (χ4n) is 1.58. The Hall–Kier alpha value is -2.06. The Morgan fingerprint density at radius 2 is 2.33 bits per heavy atom. The highest BCUT2D eigenvalue weighted by Gasteiger charge is 2.04. The quantitative estimate of drug-likeness (QED) is 0.918. The first-order chi connectivity index (χ1) is 8.74. The number of anilines is 1. The third-order valence-corrected chi connectivity index (χ3v) is 2.89. The van der Waals surface area contributed by atoms with Crippen LogP contribution in [-0.2, 0) is 13.1 Å². The van der Waals surface area contributed by atoms with E-state index in [0.29, 0.717) is 17.1 Å². The van der Waals surface area contributed by atoms with Gasteiger partial charge in [0.05, 0.1) is 17.1 Å². The summed E-state index contributed by atoms with van der Waals surface area (Å²) in [7, 11) is 0. The Bertz CT molecular complexity index is 584. The maximum atomic E-state index is 8.78. The van der Waals surface area contributed by atoms with E-state index < -0.39 is 0 Å². The zero-order chi connectivity index (χ0) is 13.0. The van der Waals surface area contributed by atoms with Gasteiger partial charge in [0.15, 0.2) is 5.82 Å². The summed E-state index contributed by atoms with van der Waals surface area (Å²) < 4.78 is 1.96. The Kier molecular flexibility index (Phi) is 3.80. The van der Waals surface area contributed by atoms with E-state index in [0.717, 1.165) is 18.1 Å². The molecule has 0 amide bonds. The molecule has 5 nitrogen and oxygen atoms in total. The van der Waals surface area contributed by atoms with Crippen LogP contribution in [0, 0.1) is 11.3 Å². The number of halogens is 1. The summed E-state index contributed by atoms with van der Waals surface area (Å²) in [4.78, 5) is 0. The summed E-state index contributed by atoms with van der Waals surface area (Å²) in [6.45, 7) is 3.43. The minimum absolute atomic E-state index is 0.444. The van der Waals surface area contributed by atoms with Crippen molar-refractivity contribution in [1.29, 1.82) is 5.26 Å². The maximum absolute atomic E-state index is 8.78. The Morgan fingerprint density at radius 3 is 3.00 bits per heavy atom. The molecule has 1 aromatic heterocycles. The topological polar surface area (TPSA) is 66.5 Å². The van der Waals surface area contributed by atoms with E-state index in [1.165, 1.54) is 0 Å². The normalized spacial score (nSPS) is 10.1. The van der Waals surface area contributed by atoms with Gasteiger partial charge in [-0.15, -0.1) is 10.2 Å².